The highest BCUT2D eigenvalue weighted by atomic mass is 16.6. The van der Waals surface area contributed by atoms with E-state index in [1.165, 1.54) is 0 Å². The lowest BCUT2D eigenvalue weighted by Gasteiger charge is -2.34. The third-order valence-corrected chi connectivity index (χ3v) is 2.31. The van der Waals surface area contributed by atoms with Crippen LogP contribution >= 0.6 is 0 Å². The van der Waals surface area contributed by atoms with E-state index in [2.05, 4.69) is 0 Å². The van der Waals surface area contributed by atoms with Gasteiger partial charge in [-0.1, -0.05) is 12.2 Å². The Morgan fingerprint density at radius 3 is 3.00 bits per heavy atom. The van der Waals surface area contributed by atoms with Crippen molar-refractivity contribution >= 4 is 0 Å². The molecule has 0 aromatic rings. The van der Waals surface area contributed by atoms with Gasteiger partial charge < -0.3 is 14.9 Å². The van der Waals surface area contributed by atoms with Gasteiger partial charge in [0.15, 0.2) is 5.79 Å². The monoisotopic (exact) mass is 186 g/mol. The summed E-state index contributed by atoms with van der Waals surface area (Å²) in [5, 5.41) is 19.2. The molecule has 1 saturated heterocycles. The molecule has 0 bridgehead atoms. The molecule has 3 heteroatoms. The molecule has 0 spiro atoms. The van der Waals surface area contributed by atoms with Crippen molar-refractivity contribution in [2.24, 2.45) is 0 Å². The number of hydrogen-bond donors (Lipinski definition) is 2. The van der Waals surface area contributed by atoms with Crippen LogP contribution in [0.4, 0.5) is 0 Å². The summed E-state index contributed by atoms with van der Waals surface area (Å²) in [6.45, 7) is 2.40. The van der Waals surface area contributed by atoms with Gasteiger partial charge in [-0.25, -0.2) is 0 Å². The number of allylic oxidation sites excluding steroid dienone is 2. The summed E-state index contributed by atoms with van der Waals surface area (Å²) in [6.07, 6.45) is 5.85. The van der Waals surface area contributed by atoms with E-state index >= 15 is 0 Å². The van der Waals surface area contributed by atoms with Gasteiger partial charge in [0.1, 0.15) is 0 Å². The Kier molecular flexibility index (Phi) is 3.90. The van der Waals surface area contributed by atoms with Gasteiger partial charge in [0.05, 0.1) is 12.7 Å². The molecule has 0 aliphatic carbocycles. The maximum atomic E-state index is 9.85. The molecule has 1 aliphatic heterocycles. The first-order valence-corrected chi connectivity index (χ1v) is 4.82. The molecule has 76 valence electrons. The zero-order valence-corrected chi connectivity index (χ0v) is 8.07. The highest BCUT2D eigenvalue weighted by Gasteiger charge is 2.33. The molecule has 0 amide bonds. The van der Waals surface area contributed by atoms with Crippen molar-refractivity contribution in [2.75, 3.05) is 6.61 Å². The van der Waals surface area contributed by atoms with Crippen molar-refractivity contribution in [1.82, 2.24) is 0 Å². The Bertz CT molecular complexity index is 179. The molecular formula is C10H18O3. The number of ether oxygens (including phenoxy) is 1. The molecule has 2 N–H and O–H groups in total. The van der Waals surface area contributed by atoms with Crippen LogP contribution in [0.1, 0.15) is 32.6 Å². The minimum Gasteiger partial charge on any atom is -0.393 e. The molecule has 2 atom stereocenters. The second-order valence-corrected chi connectivity index (χ2v) is 3.55. The largest absolute Gasteiger partial charge is 0.393 e. The van der Waals surface area contributed by atoms with E-state index in [0.717, 1.165) is 6.42 Å². The van der Waals surface area contributed by atoms with E-state index in [9.17, 15) is 10.2 Å². The third-order valence-electron chi connectivity index (χ3n) is 2.31. The van der Waals surface area contributed by atoms with Crippen LogP contribution in [0, 0.1) is 0 Å². The lowest BCUT2D eigenvalue weighted by Crippen LogP contribution is -2.41. The van der Waals surface area contributed by atoms with E-state index in [4.69, 9.17) is 4.74 Å². The summed E-state index contributed by atoms with van der Waals surface area (Å²) >= 11 is 0. The predicted octanol–water partition coefficient (Wildman–Crippen LogP) is 1.20. The van der Waals surface area contributed by atoms with E-state index in [1.807, 2.05) is 19.1 Å². The average molecular weight is 186 g/mol. The Balaban J connectivity index is 2.35. The molecule has 1 fully saturated rings. The summed E-state index contributed by atoms with van der Waals surface area (Å²) in [6, 6.07) is 0. The zero-order valence-electron chi connectivity index (χ0n) is 8.07. The molecule has 0 radical (unpaired) electrons. The molecule has 1 rings (SSSR count). The number of aliphatic hydroxyl groups is 2. The van der Waals surface area contributed by atoms with E-state index in [-0.39, 0.29) is 0 Å². The maximum absolute atomic E-state index is 9.85. The standard InChI is InChI=1S/C10H18O3/c1-2-3-4-6-10(12)8-9(11)5-7-13-10/h2-3,9,11-12H,4-8H2,1H3/b3-2+/t9-,10+/m0/s1. The smallest absolute Gasteiger partial charge is 0.168 e. The van der Waals surface area contributed by atoms with Crippen molar-refractivity contribution in [2.45, 2.75) is 44.5 Å². The lowest BCUT2D eigenvalue weighted by atomic mass is 9.98. The minimum absolute atomic E-state index is 0.338. The molecule has 1 heterocycles. The van der Waals surface area contributed by atoms with Crippen molar-refractivity contribution in [1.29, 1.82) is 0 Å². The van der Waals surface area contributed by atoms with Crippen LogP contribution in [-0.2, 0) is 4.74 Å². The van der Waals surface area contributed by atoms with Crippen LogP contribution in [-0.4, -0.2) is 28.7 Å². The molecule has 13 heavy (non-hydrogen) atoms. The molecule has 3 nitrogen and oxygen atoms in total. The van der Waals surface area contributed by atoms with Crippen molar-refractivity contribution in [3.63, 3.8) is 0 Å². The van der Waals surface area contributed by atoms with Crippen molar-refractivity contribution in [3.05, 3.63) is 12.2 Å². The lowest BCUT2D eigenvalue weighted by molar-refractivity contribution is -0.246. The number of rotatable bonds is 3. The van der Waals surface area contributed by atoms with Crippen LogP contribution in [0.5, 0.6) is 0 Å². The Hall–Kier alpha value is -0.380. The van der Waals surface area contributed by atoms with Gasteiger partial charge in [-0.2, -0.15) is 0 Å². The first-order chi connectivity index (χ1) is 6.16. The van der Waals surface area contributed by atoms with Gasteiger partial charge in [0, 0.05) is 12.8 Å². The zero-order chi connectivity index (χ0) is 9.73. The minimum atomic E-state index is -1.10. The molecule has 0 saturated carbocycles. The fraction of sp³-hybridized carbons (Fsp3) is 0.800. The van der Waals surface area contributed by atoms with Gasteiger partial charge in [-0.05, 0) is 19.8 Å². The van der Waals surface area contributed by atoms with E-state index in [0.29, 0.717) is 25.9 Å². The van der Waals surface area contributed by atoms with Crippen LogP contribution in [0.3, 0.4) is 0 Å². The normalized spacial score (nSPS) is 35.5. The van der Waals surface area contributed by atoms with Crippen LogP contribution in [0.25, 0.3) is 0 Å². The van der Waals surface area contributed by atoms with Crippen LogP contribution in [0.15, 0.2) is 12.2 Å². The summed E-state index contributed by atoms with van der Waals surface area (Å²) < 4.78 is 5.24. The molecule has 0 aromatic heterocycles. The highest BCUT2D eigenvalue weighted by molar-refractivity contribution is 4.83. The van der Waals surface area contributed by atoms with Crippen LogP contribution in [0.2, 0.25) is 0 Å². The second-order valence-electron chi connectivity index (χ2n) is 3.55. The fourth-order valence-electron chi connectivity index (χ4n) is 1.56. The topological polar surface area (TPSA) is 49.7 Å². The first kappa shape index (κ1) is 10.7. The van der Waals surface area contributed by atoms with Gasteiger partial charge in [-0.15, -0.1) is 0 Å². The highest BCUT2D eigenvalue weighted by Crippen LogP contribution is 2.27. The molecule has 1 aliphatic rings. The van der Waals surface area contributed by atoms with Crippen molar-refractivity contribution < 1.29 is 14.9 Å². The second kappa shape index (κ2) is 4.74. The average Bonchev–Trinajstić information content (AvgIpc) is 2.04. The SMILES string of the molecule is C/C=C/CC[C@]1(O)C[C@@H](O)CCO1. The van der Waals surface area contributed by atoms with Gasteiger partial charge in [0.2, 0.25) is 0 Å². The fourth-order valence-corrected chi connectivity index (χ4v) is 1.56. The van der Waals surface area contributed by atoms with Gasteiger partial charge in [-0.3, -0.25) is 0 Å². The summed E-state index contributed by atoms with van der Waals surface area (Å²) in [4.78, 5) is 0. The molecule has 0 unspecified atom stereocenters. The predicted molar refractivity (Wildman–Crippen MR) is 50.2 cm³/mol. The third kappa shape index (κ3) is 3.46. The quantitative estimate of drug-likeness (QED) is 0.651. The summed E-state index contributed by atoms with van der Waals surface area (Å²) in [5.74, 6) is -1.10. The molecular weight excluding hydrogens is 168 g/mol. The molecule has 0 aromatic carbocycles. The van der Waals surface area contributed by atoms with Gasteiger partial charge in [0.25, 0.3) is 0 Å². The van der Waals surface area contributed by atoms with Crippen LogP contribution < -0.4 is 0 Å². The number of hydrogen-bond acceptors (Lipinski definition) is 3. The first-order valence-electron chi connectivity index (χ1n) is 4.82. The van der Waals surface area contributed by atoms with E-state index in [1.54, 1.807) is 0 Å². The van der Waals surface area contributed by atoms with Gasteiger partial charge >= 0.3 is 0 Å². The summed E-state index contributed by atoms with van der Waals surface area (Å²) in [5.41, 5.74) is 0. The maximum Gasteiger partial charge on any atom is 0.168 e. The Labute approximate surface area is 79.0 Å². The number of aliphatic hydroxyl groups excluding tert-OH is 1. The van der Waals surface area contributed by atoms with Crippen molar-refractivity contribution in [3.8, 4) is 0 Å². The van der Waals surface area contributed by atoms with E-state index < -0.39 is 11.9 Å². The Morgan fingerprint density at radius 1 is 1.62 bits per heavy atom. The summed E-state index contributed by atoms with van der Waals surface area (Å²) in [7, 11) is 0. The Morgan fingerprint density at radius 2 is 2.38 bits per heavy atom.